The van der Waals surface area contributed by atoms with Crippen molar-refractivity contribution < 1.29 is 24.2 Å². The quantitative estimate of drug-likeness (QED) is 0.372. The van der Waals surface area contributed by atoms with Crippen molar-refractivity contribution in [3.63, 3.8) is 0 Å². The highest BCUT2D eigenvalue weighted by Gasteiger charge is 2.54. The Labute approximate surface area is 147 Å². The van der Waals surface area contributed by atoms with Crippen LogP contribution in [0.3, 0.4) is 0 Å². The van der Waals surface area contributed by atoms with Gasteiger partial charge in [0.2, 0.25) is 5.91 Å². The average molecular weight is 350 g/mol. The third-order valence-electron chi connectivity index (χ3n) is 4.49. The highest BCUT2D eigenvalue weighted by atomic mass is 16.5. The van der Waals surface area contributed by atoms with E-state index in [1.165, 1.54) is 6.92 Å². The maximum Gasteiger partial charge on any atom is 0.341 e. The molecule has 1 amide bonds. The van der Waals surface area contributed by atoms with Gasteiger partial charge in [0.1, 0.15) is 11.3 Å². The number of nitrogens with two attached hydrogens (primary N) is 1. The highest BCUT2D eigenvalue weighted by Crippen LogP contribution is 2.30. The monoisotopic (exact) mass is 350 g/mol. The Morgan fingerprint density at radius 1 is 1.08 bits per heavy atom. The van der Waals surface area contributed by atoms with E-state index in [1.807, 2.05) is 0 Å². The van der Waals surface area contributed by atoms with E-state index in [1.54, 1.807) is 58.0 Å². The number of primary amides is 1. The summed E-state index contributed by atoms with van der Waals surface area (Å²) < 4.78 is 5.23. The molecule has 0 aliphatic carbocycles. The number of rotatable bonds is 8. The lowest BCUT2D eigenvalue weighted by Crippen LogP contribution is -2.72. The normalized spacial score (nSPS) is 14.2. The van der Waals surface area contributed by atoms with E-state index < -0.39 is 40.8 Å². The molecule has 7 nitrogen and oxygen atoms in total. The van der Waals surface area contributed by atoms with Gasteiger partial charge in [-0.1, -0.05) is 45.9 Å². The van der Waals surface area contributed by atoms with Gasteiger partial charge in [-0.05, 0) is 30.9 Å². The molecule has 0 heterocycles. The number of carbonyl (C=O) groups excluding carboxylic acids is 2. The van der Waals surface area contributed by atoms with Crippen LogP contribution in [-0.4, -0.2) is 34.0 Å². The molecule has 1 atom stereocenters. The number of esters is 1. The topological polar surface area (TPSA) is 119 Å². The molecule has 1 aromatic carbocycles. The molecule has 7 heteroatoms. The van der Waals surface area contributed by atoms with Gasteiger partial charge in [-0.25, -0.2) is 4.79 Å². The van der Waals surface area contributed by atoms with Gasteiger partial charge < -0.3 is 15.6 Å². The number of hydrogen-bond donors (Lipinski definition) is 3. The number of carboxylic acids is 1. The molecular formula is C18H26N2O5. The number of aliphatic carboxylic acids is 1. The van der Waals surface area contributed by atoms with Gasteiger partial charge in [-0.3, -0.25) is 14.9 Å². The van der Waals surface area contributed by atoms with Crippen LogP contribution in [0.25, 0.3) is 0 Å². The van der Waals surface area contributed by atoms with Crippen molar-refractivity contribution >= 4 is 17.8 Å². The molecule has 0 aromatic heterocycles. The van der Waals surface area contributed by atoms with Gasteiger partial charge in [0.05, 0.1) is 0 Å². The summed E-state index contributed by atoms with van der Waals surface area (Å²) in [4.78, 5) is 36.7. The third-order valence-corrected chi connectivity index (χ3v) is 4.49. The van der Waals surface area contributed by atoms with Gasteiger partial charge in [0.15, 0.2) is 5.54 Å². The Morgan fingerprint density at radius 3 is 1.92 bits per heavy atom. The Bertz CT molecular complexity index is 634. The molecule has 1 rings (SSSR count). The van der Waals surface area contributed by atoms with Crippen LogP contribution >= 0.6 is 0 Å². The number of hydrogen-bond acceptors (Lipinski definition) is 5. The first-order valence-electron chi connectivity index (χ1n) is 8.08. The maximum atomic E-state index is 12.6. The van der Waals surface area contributed by atoms with Gasteiger partial charge in [0.25, 0.3) is 0 Å². The number of para-hydroxylation sites is 1. The van der Waals surface area contributed by atoms with E-state index in [4.69, 9.17) is 10.5 Å². The Balaban J connectivity index is 3.30. The second-order valence-electron chi connectivity index (χ2n) is 6.80. The molecule has 0 aliphatic rings. The molecular weight excluding hydrogens is 324 g/mol. The largest absolute Gasteiger partial charge is 0.480 e. The van der Waals surface area contributed by atoms with Crippen LogP contribution < -0.4 is 15.8 Å². The zero-order valence-corrected chi connectivity index (χ0v) is 15.2. The van der Waals surface area contributed by atoms with E-state index in [0.717, 1.165) is 0 Å². The molecule has 0 spiro atoms. The van der Waals surface area contributed by atoms with E-state index >= 15 is 0 Å². The Hall–Kier alpha value is -2.41. The molecule has 1 aromatic rings. The van der Waals surface area contributed by atoms with Gasteiger partial charge in [0, 0.05) is 0 Å². The molecule has 1 unspecified atom stereocenters. The SMILES string of the molecule is CC(C)C(NC(C)(C(N)=O)C(=O)Oc1ccccc1)(C(=O)O)C(C)C. The van der Waals surface area contributed by atoms with Crippen LogP contribution in [0.1, 0.15) is 34.6 Å². The van der Waals surface area contributed by atoms with Crippen molar-refractivity contribution in [2.45, 2.75) is 45.7 Å². The fourth-order valence-electron chi connectivity index (χ4n) is 2.83. The molecule has 0 bridgehead atoms. The molecule has 138 valence electrons. The zero-order chi connectivity index (χ0) is 19.4. The van der Waals surface area contributed by atoms with Crippen molar-refractivity contribution in [2.24, 2.45) is 17.6 Å². The first kappa shape index (κ1) is 20.6. The minimum absolute atomic E-state index is 0.233. The molecule has 0 saturated heterocycles. The zero-order valence-electron chi connectivity index (χ0n) is 15.2. The van der Waals surface area contributed by atoms with Crippen LogP contribution in [0, 0.1) is 11.8 Å². The van der Waals surface area contributed by atoms with E-state index in [-0.39, 0.29) is 5.75 Å². The van der Waals surface area contributed by atoms with Gasteiger partial charge in [-0.2, -0.15) is 0 Å². The standard InChI is InChI=1S/C18H26N2O5/c1-11(2)18(12(3)4,15(22)23)20-17(5,14(19)21)16(24)25-13-9-7-6-8-10-13/h6-12,20H,1-5H3,(H2,19,21)(H,22,23). The predicted molar refractivity (Wildman–Crippen MR) is 92.9 cm³/mol. The van der Waals surface area contributed by atoms with Crippen molar-refractivity contribution in [1.29, 1.82) is 0 Å². The smallest absolute Gasteiger partial charge is 0.341 e. The minimum Gasteiger partial charge on any atom is -0.480 e. The summed E-state index contributed by atoms with van der Waals surface area (Å²) in [7, 11) is 0. The van der Waals surface area contributed by atoms with Gasteiger partial charge in [-0.15, -0.1) is 0 Å². The van der Waals surface area contributed by atoms with Crippen LogP contribution in [0.4, 0.5) is 0 Å². The summed E-state index contributed by atoms with van der Waals surface area (Å²) in [6, 6.07) is 8.18. The van der Waals surface area contributed by atoms with Crippen molar-refractivity contribution in [1.82, 2.24) is 5.32 Å². The van der Waals surface area contributed by atoms with Crippen LogP contribution in [-0.2, 0) is 14.4 Å². The summed E-state index contributed by atoms with van der Waals surface area (Å²) in [5, 5.41) is 12.5. The van der Waals surface area contributed by atoms with Crippen LogP contribution in [0.15, 0.2) is 30.3 Å². The molecule has 25 heavy (non-hydrogen) atoms. The summed E-state index contributed by atoms with van der Waals surface area (Å²) in [5.41, 5.74) is 1.88. The van der Waals surface area contributed by atoms with Gasteiger partial charge >= 0.3 is 11.9 Å². The number of carboxylic acid groups (broad SMARTS) is 1. The van der Waals surface area contributed by atoms with Crippen molar-refractivity contribution in [3.05, 3.63) is 30.3 Å². The van der Waals surface area contributed by atoms with E-state index in [9.17, 15) is 19.5 Å². The lowest BCUT2D eigenvalue weighted by atomic mass is 9.75. The number of ether oxygens (including phenoxy) is 1. The molecule has 0 fully saturated rings. The first-order chi connectivity index (χ1) is 11.5. The predicted octanol–water partition coefficient (Wildman–Crippen LogP) is 1.56. The minimum atomic E-state index is -2.01. The average Bonchev–Trinajstić information content (AvgIpc) is 2.51. The number of amides is 1. The Morgan fingerprint density at radius 2 is 1.56 bits per heavy atom. The van der Waals surface area contributed by atoms with E-state index in [0.29, 0.717) is 0 Å². The second-order valence-corrected chi connectivity index (χ2v) is 6.80. The third kappa shape index (κ3) is 3.99. The highest BCUT2D eigenvalue weighted by molar-refractivity contribution is 6.07. The number of benzene rings is 1. The maximum absolute atomic E-state index is 12.6. The summed E-state index contributed by atoms with van der Waals surface area (Å²) in [6.45, 7) is 8.04. The molecule has 4 N–H and O–H groups in total. The lowest BCUT2D eigenvalue weighted by molar-refractivity contribution is -0.156. The molecule has 0 radical (unpaired) electrons. The first-order valence-corrected chi connectivity index (χ1v) is 8.08. The molecule has 0 saturated carbocycles. The fraction of sp³-hybridized carbons (Fsp3) is 0.500. The summed E-state index contributed by atoms with van der Waals surface area (Å²) in [6.07, 6.45) is 0. The van der Waals surface area contributed by atoms with Crippen molar-refractivity contribution in [3.8, 4) is 5.75 Å². The number of nitrogens with one attached hydrogen (secondary N) is 1. The summed E-state index contributed by atoms with van der Waals surface area (Å²) in [5.74, 6) is -3.76. The lowest BCUT2D eigenvalue weighted by Gasteiger charge is -2.43. The second kappa shape index (κ2) is 7.65. The van der Waals surface area contributed by atoms with E-state index in [2.05, 4.69) is 5.32 Å². The summed E-state index contributed by atoms with van der Waals surface area (Å²) >= 11 is 0. The van der Waals surface area contributed by atoms with Crippen LogP contribution in [0.5, 0.6) is 5.75 Å². The fourth-order valence-corrected chi connectivity index (χ4v) is 2.83. The van der Waals surface area contributed by atoms with Crippen molar-refractivity contribution in [2.75, 3.05) is 0 Å². The van der Waals surface area contributed by atoms with Crippen LogP contribution in [0.2, 0.25) is 0 Å². The molecule has 0 aliphatic heterocycles. The number of carbonyl (C=O) groups is 3. The Kier molecular flexibility index (Phi) is 6.31.